The molecule has 2 rings (SSSR count). The second-order valence-corrected chi connectivity index (χ2v) is 7.92. The first-order valence-electron chi connectivity index (χ1n) is 9.83. The number of carbonyl (C=O) groups is 2. The Morgan fingerprint density at radius 2 is 1.76 bits per heavy atom. The highest BCUT2D eigenvalue weighted by Crippen LogP contribution is 2.21. The van der Waals surface area contributed by atoms with Crippen LogP contribution in [0.1, 0.15) is 31.9 Å². The molecule has 0 heterocycles. The predicted octanol–water partition coefficient (Wildman–Crippen LogP) is 4.25. The molecule has 0 fully saturated rings. The molecule has 4 nitrogen and oxygen atoms in total. The van der Waals surface area contributed by atoms with Crippen molar-refractivity contribution in [1.82, 2.24) is 10.2 Å². The first-order chi connectivity index (χ1) is 13.8. The number of nitrogens with zero attached hydrogens (tertiary/aromatic N) is 1. The number of amides is 2. The second-order valence-electron chi connectivity index (χ2n) is 7.51. The van der Waals surface area contributed by atoms with Gasteiger partial charge in [-0.3, -0.25) is 9.59 Å². The molecule has 6 heteroatoms. The van der Waals surface area contributed by atoms with Gasteiger partial charge in [-0.15, -0.1) is 0 Å². The summed E-state index contributed by atoms with van der Waals surface area (Å²) in [5.41, 5.74) is 1.21. The molecule has 0 bridgehead atoms. The molecule has 0 saturated carbocycles. The van der Waals surface area contributed by atoms with E-state index < -0.39 is 11.9 Å². The second kappa shape index (κ2) is 11.0. The standard InChI is InChI=1S/C23H28ClFN2O2/c1-16(2)15-26-23(29)17(3)27(13-12-18-8-5-4-6-9-18)22(28)14-19-20(24)10-7-11-21(19)25/h4-11,16-17H,12-15H2,1-3H3,(H,26,29)/t17-/m0/s1. The molecule has 2 amide bonds. The van der Waals surface area contributed by atoms with Gasteiger partial charge in [-0.05, 0) is 37.0 Å². The number of carbonyl (C=O) groups excluding carboxylic acids is 2. The van der Waals surface area contributed by atoms with Gasteiger partial charge in [-0.25, -0.2) is 4.39 Å². The average Bonchev–Trinajstić information content (AvgIpc) is 2.69. The number of rotatable bonds is 9. The van der Waals surface area contributed by atoms with Crippen LogP contribution in [0.15, 0.2) is 48.5 Å². The molecule has 0 aliphatic heterocycles. The van der Waals surface area contributed by atoms with E-state index in [9.17, 15) is 14.0 Å². The van der Waals surface area contributed by atoms with Crippen molar-refractivity contribution < 1.29 is 14.0 Å². The van der Waals surface area contributed by atoms with Crippen LogP contribution in [0, 0.1) is 11.7 Å². The monoisotopic (exact) mass is 418 g/mol. The molecule has 0 spiro atoms. The molecule has 0 unspecified atom stereocenters. The van der Waals surface area contributed by atoms with Crippen molar-refractivity contribution >= 4 is 23.4 Å². The normalized spacial score (nSPS) is 11.9. The van der Waals surface area contributed by atoms with Gasteiger partial charge in [0.2, 0.25) is 11.8 Å². The van der Waals surface area contributed by atoms with Crippen molar-refractivity contribution in [1.29, 1.82) is 0 Å². The van der Waals surface area contributed by atoms with Crippen LogP contribution in [0.5, 0.6) is 0 Å². The van der Waals surface area contributed by atoms with Gasteiger partial charge in [0.05, 0.1) is 6.42 Å². The van der Waals surface area contributed by atoms with Crippen molar-refractivity contribution in [3.63, 3.8) is 0 Å². The smallest absolute Gasteiger partial charge is 0.242 e. The van der Waals surface area contributed by atoms with E-state index in [4.69, 9.17) is 11.6 Å². The number of halogens is 2. The van der Waals surface area contributed by atoms with E-state index in [0.717, 1.165) is 5.56 Å². The van der Waals surface area contributed by atoms with Crippen molar-refractivity contribution in [2.24, 2.45) is 5.92 Å². The molecular weight excluding hydrogens is 391 g/mol. The Labute approximate surface area is 177 Å². The number of benzene rings is 2. The zero-order chi connectivity index (χ0) is 21.4. The quantitative estimate of drug-likeness (QED) is 0.661. The molecule has 0 radical (unpaired) electrons. The molecule has 2 aromatic rings. The van der Waals surface area contributed by atoms with Crippen LogP contribution in [0.2, 0.25) is 5.02 Å². The van der Waals surface area contributed by atoms with E-state index in [2.05, 4.69) is 5.32 Å². The van der Waals surface area contributed by atoms with E-state index in [1.54, 1.807) is 13.0 Å². The van der Waals surface area contributed by atoms with Crippen LogP contribution in [-0.4, -0.2) is 35.8 Å². The van der Waals surface area contributed by atoms with E-state index in [1.807, 2.05) is 44.2 Å². The third-order valence-electron chi connectivity index (χ3n) is 4.73. The van der Waals surface area contributed by atoms with E-state index in [-0.39, 0.29) is 28.8 Å². The molecule has 29 heavy (non-hydrogen) atoms. The Morgan fingerprint density at radius 1 is 1.07 bits per heavy atom. The SMILES string of the molecule is CC(C)CNC(=O)[C@H](C)N(CCc1ccccc1)C(=O)Cc1c(F)cccc1Cl. The lowest BCUT2D eigenvalue weighted by Crippen LogP contribution is -2.49. The molecule has 0 aromatic heterocycles. The van der Waals surface area contributed by atoms with Gasteiger partial charge >= 0.3 is 0 Å². The third kappa shape index (κ3) is 6.86. The maximum absolute atomic E-state index is 14.2. The topological polar surface area (TPSA) is 49.4 Å². The first-order valence-corrected chi connectivity index (χ1v) is 10.2. The molecular formula is C23H28ClFN2O2. The Morgan fingerprint density at radius 3 is 2.38 bits per heavy atom. The summed E-state index contributed by atoms with van der Waals surface area (Å²) in [6, 6.07) is 13.4. The van der Waals surface area contributed by atoms with Crippen molar-refractivity contribution in [2.45, 2.75) is 39.7 Å². The van der Waals surface area contributed by atoms with Crippen molar-refractivity contribution in [3.8, 4) is 0 Å². The summed E-state index contributed by atoms with van der Waals surface area (Å²) >= 11 is 6.09. The van der Waals surface area contributed by atoms with Crippen molar-refractivity contribution in [3.05, 3.63) is 70.5 Å². The molecule has 0 saturated heterocycles. The number of hydrogen-bond acceptors (Lipinski definition) is 2. The van der Waals surface area contributed by atoms with Gasteiger partial charge in [-0.1, -0.05) is 61.8 Å². The summed E-state index contributed by atoms with van der Waals surface area (Å²) in [5.74, 6) is -0.775. The lowest BCUT2D eigenvalue weighted by molar-refractivity contribution is -0.139. The minimum Gasteiger partial charge on any atom is -0.354 e. The molecule has 0 aliphatic carbocycles. The summed E-state index contributed by atoms with van der Waals surface area (Å²) < 4.78 is 14.2. The third-order valence-corrected chi connectivity index (χ3v) is 5.08. The Balaban J connectivity index is 2.17. The highest BCUT2D eigenvalue weighted by molar-refractivity contribution is 6.31. The van der Waals surface area contributed by atoms with E-state index >= 15 is 0 Å². The molecule has 1 atom stereocenters. The van der Waals surface area contributed by atoms with Gasteiger partial charge < -0.3 is 10.2 Å². The Bertz CT molecular complexity index is 807. The number of hydrogen-bond donors (Lipinski definition) is 1. The predicted molar refractivity (Wildman–Crippen MR) is 114 cm³/mol. The van der Waals surface area contributed by atoms with Crippen LogP contribution in [-0.2, 0) is 22.4 Å². The minimum absolute atomic E-state index is 0.152. The van der Waals surface area contributed by atoms with E-state index in [1.165, 1.54) is 17.0 Å². The van der Waals surface area contributed by atoms with Gasteiger partial charge in [-0.2, -0.15) is 0 Å². The molecule has 156 valence electrons. The van der Waals surface area contributed by atoms with Crippen LogP contribution < -0.4 is 5.32 Å². The summed E-state index contributed by atoms with van der Waals surface area (Å²) in [6.45, 7) is 6.59. The van der Waals surface area contributed by atoms with Gasteiger partial charge in [0, 0.05) is 23.7 Å². The average molecular weight is 419 g/mol. The largest absolute Gasteiger partial charge is 0.354 e. The van der Waals surface area contributed by atoms with Gasteiger partial charge in [0.25, 0.3) is 0 Å². The highest BCUT2D eigenvalue weighted by atomic mass is 35.5. The van der Waals surface area contributed by atoms with E-state index in [0.29, 0.717) is 25.4 Å². The fraction of sp³-hybridized carbons (Fsp3) is 0.391. The maximum Gasteiger partial charge on any atom is 0.242 e. The fourth-order valence-corrected chi connectivity index (χ4v) is 3.21. The van der Waals surface area contributed by atoms with Gasteiger partial charge in [0.15, 0.2) is 0 Å². The van der Waals surface area contributed by atoms with Crippen LogP contribution in [0.3, 0.4) is 0 Å². The summed E-state index contributed by atoms with van der Waals surface area (Å²) in [5, 5.41) is 3.08. The van der Waals surface area contributed by atoms with Gasteiger partial charge in [0.1, 0.15) is 11.9 Å². The highest BCUT2D eigenvalue weighted by Gasteiger charge is 2.27. The summed E-state index contributed by atoms with van der Waals surface area (Å²) in [4.78, 5) is 27.1. The summed E-state index contributed by atoms with van der Waals surface area (Å²) in [7, 11) is 0. The van der Waals surface area contributed by atoms with Crippen LogP contribution >= 0.6 is 11.6 Å². The summed E-state index contributed by atoms with van der Waals surface area (Å²) in [6.07, 6.45) is 0.404. The lowest BCUT2D eigenvalue weighted by atomic mass is 10.1. The lowest BCUT2D eigenvalue weighted by Gasteiger charge is -2.29. The Kier molecular flexibility index (Phi) is 8.65. The molecule has 2 aromatic carbocycles. The fourth-order valence-electron chi connectivity index (χ4n) is 2.98. The zero-order valence-corrected chi connectivity index (χ0v) is 17.9. The zero-order valence-electron chi connectivity index (χ0n) is 17.1. The molecule has 1 N–H and O–H groups in total. The maximum atomic E-state index is 14.2. The molecule has 0 aliphatic rings. The van der Waals surface area contributed by atoms with Crippen LogP contribution in [0.4, 0.5) is 4.39 Å². The first kappa shape index (κ1) is 22.9. The number of nitrogens with one attached hydrogen (secondary N) is 1. The Hall–Kier alpha value is -2.40. The van der Waals surface area contributed by atoms with Crippen molar-refractivity contribution in [2.75, 3.05) is 13.1 Å². The minimum atomic E-state index is -0.671. The van der Waals surface area contributed by atoms with Crippen LogP contribution in [0.25, 0.3) is 0 Å².